The van der Waals surface area contributed by atoms with Gasteiger partial charge in [-0.1, -0.05) is 13.8 Å². The minimum Gasteiger partial charge on any atom is -0.492 e. The predicted molar refractivity (Wildman–Crippen MR) is 71.7 cm³/mol. The maximum Gasteiger partial charge on any atom is 0.122 e. The first-order valence-electron chi connectivity index (χ1n) is 6.68. The average Bonchev–Trinajstić information content (AvgIpc) is 2.43. The Labute approximate surface area is 109 Å². The molecule has 96 valence electrons. The SMILES string of the molecule is CCCN(CC)[C@@H]1COc2ccc(C#N)cc2C1. The molecule has 0 bridgehead atoms. The Bertz CT molecular complexity index is 450. The van der Waals surface area contributed by atoms with Gasteiger partial charge < -0.3 is 4.74 Å². The van der Waals surface area contributed by atoms with Gasteiger partial charge in [0.05, 0.1) is 11.6 Å². The lowest BCUT2D eigenvalue weighted by Gasteiger charge is -2.34. The summed E-state index contributed by atoms with van der Waals surface area (Å²) >= 11 is 0. The molecule has 3 heteroatoms. The van der Waals surface area contributed by atoms with Crippen molar-refractivity contribution in [2.45, 2.75) is 32.7 Å². The minimum absolute atomic E-state index is 0.441. The Morgan fingerprint density at radius 2 is 2.28 bits per heavy atom. The van der Waals surface area contributed by atoms with E-state index in [2.05, 4.69) is 24.8 Å². The molecular weight excluding hydrogens is 224 g/mol. The van der Waals surface area contributed by atoms with Crippen LogP contribution in [-0.2, 0) is 6.42 Å². The fourth-order valence-corrected chi connectivity index (χ4v) is 2.57. The van der Waals surface area contributed by atoms with Gasteiger partial charge in [0.1, 0.15) is 12.4 Å². The van der Waals surface area contributed by atoms with Crippen molar-refractivity contribution in [2.24, 2.45) is 0 Å². The van der Waals surface area contributed by atoms with Crippen LogP contribution in [-0.4, -0.2) is 30.6 Å². The first kappa shape index (κ1) is 12.9. The summed E-state index contributed by atoms with van der Waals surface area (Å²) in [6, 6.07) is 8.33. The molecule has 0 N–H and O–H groups in total. The van der Waals surface area contributed by atoms with E-state index in [1.54, 1.807) is 0 Å². The Kier molecular flexibility index (Phi) is 4.22. The van der Waals surface area contributed by atoms with Crippen molar-refractivity contribution in [1.29, 1.82) is 5.26 Å². The van der Waals surface area contributed by atoms with Gasteiger partial charge in [-0.15, -0.1) is 0 Å². The lowest BCUT2D eigenvalue weighted by atomic mass is 9.99. The largest absolute Gasteiger partial charge is 0.492 e. The third kappa shape index (κ3) is 2.65. The standard InChI is InChI=1S/C15H20N2O/c1-3-7-17(4-2)14-9-13-8-12(10-16)5-6-15(13)18-11-14/h5-6,8,14H,3-4,7,9,11H2,1-2H3/t14-/m0/s1. The molecule has 0 radical (unpaired) electrons. The van der Waals surface area contributed by atoms with Gasteiger partial charge in [0, 0.05) is 6.04 Å². The van der Waals surface area contributed by atoms with Crippen LogP contribution in [0.15, 0.2) is 18.2 Å². The van der Waals surface area contributed by atoms with Crippen LogP contribution in [0.2, 0.25) is 0 Å². The average molecular weight is 244 g/mol. The zero-order valence-corrected chi connectivity index (χ0v) is 11.1. The summed E-state index contributed by atoms with van der Waals surface area (Å²) in [4.78, 5) is 2.46. The van der Waals surface area contributed by atoms with Crippen LogP contribution in [0.3, 0.4) is 0 Å². The third-order valence-electron chi connectivity index (χ3n) is 3.51. The molecule has 1 heterocycles. The maximum atomic E-state index is 8.94. The second-order valence-corrected chi connectivity index (χ2v) is 4.73. The van der Waals surface area contributed by atoms with Crippen molar-refractivity contribution in [2.75, 3.05) is 19.7 Å². The van der Waals surface area contributed by atoms with Crippen LogP contribution in [0.5, 0.6) is 5.75 Å². The van der Waals surface area contributed by atoms with Gasteiger partial charge >= 0.3 is 0 Å². The number of hydrogen-bond acceptors (Lipinski definition) is 3. The molecule has 0 saturated heterocycles. The smallest absolute Gasteiger partial charge is 0.122 e. The van der Waals surface area contributed by atoms with E-state index in [-0.39, 0.29) is 0 Å². The van der Waals surface area contributed by atoms with Crippen molar-refractivity contribution in [3.05, 3.63) is 29.3 Å². The number of fused-ring (bicyclic) bond motifs is 1. The highest BCUT2D eigenvalue weighted by atomic mass is 16.5. The highest BCUT2D eigenvalue weighted by molar-refractivity contribution is 5.43. The van der Waals surface area contributed by atoms with Gasteiger partial charge in [-0.25, -0.2) is 0 Å². The molecule has 3 nitrogen and oxygen atoms in total. The zero-order chi connectivity index (χ0) is 13.0. The number of nitriles is 1. The summed E-state index contributed by atoms with van der Waals surface area (Å²) in [5, 5.41) is 8.94. The summed E-state index contributed by atoms with van der Waals surface area (Å²) in [6.07, 6.45) is 2.15. The number of ether oxygens (including phenoxy) is 1. The third-order valence-corrected chi connectivity index (χ3v) is 3.51. The molecule has 1 aromatic rings. The molecule has 18 heavy (non-hydrogen) atoms. The van der Waals surface area contributed by atoms with E-state index in [1.165, 1.54) is 5.56 Å². The van der Waals surface area contributed by atoms with Crippen LogP contribution in [0.25, 0.3) is 0 Å². The van der Waals surface area contributed by atoms with E-state index in [9.17, 15) is 0 Å². The molecule has 0 amide bonds. The molecule has 0 aromatic heterocycles. The van der Waals surface area contributed by atoms with E-state index in [0.29, 0.717) is 6.04 Å². The van der Waals surface area contributed by atoms with Crippen molar-refractivity contribution in [3.63, 3.8) is 0 Å². The first-order chi connectivity index (χ1) is 8.78. The molecule has 0 spiro atoms. The minimum atomic E-state index is 0.441. The summed E-state index contributed by atoms with van der Waals surface area (Å²) in [5.74, 6) is 0.942. The van der Waals surface area contributed by atoms with Crippen LogP contribution in [0.1, 0.15) is 31.4 Å². The lowest BCUT2D eigenvalue weighted by Crippen LogP contribution is -2.43. The molecule has 1 aliphatic rings. The molecule has 0 fully saturated rings. The second-order valence-electron chi connectivity index (χ2n) is 4.73. The van der Waals surface area contributed by atoms with Gasteiger partial charge in [-0.3, -0.25) is 4.90 Å². The van der Waals surface area contributed by atoms with E-state index < -0.39 is 0 Å². The number of rotatable bonds is 4. The van der Waals surface area contributed by atoms with E-state index in [1.807, 2.05) is 18.2 Å². The summed E-state index contributed by atoms with van der Waals surface area (Å²) in [6.45, 7) is 7.31. The van der Waals surface area contributed by atoms with Crippen LogP contribution >= 0.6 is 0 Å². The van der Waals surface area contributed by atoms with Gasteiger partial charge in [0.2, 0.25) is 0 Å². The normalized spacial score (nSPS) is 18.0. The van der Waals surface area contributed by atoms with E-state index in [0.717, 1.165) is 43.9 Å². The highest BCUT2D eigenvalue weighted by Gasteiger charge is 2.24. The Morgan fingerprint density at radius 1 is 1.44 bits per heavy atom. The molecule has 1 atom stereocenters. The molecule has 0 saturated carbocycles. The van der Waals surface area contributed by atoms with Gasteiger partial charge in [-0.05, 0) is 49.7 Å². The van der Waals surface area contributed by atoms with Gasteiger partial charge in [0.15, 0.2) is 0 Å². The van der Waals surface area contributed by atoms with Gasteiger partial charge in [0.25, 0.3) is 0 Å². The summed E-state index contributed by atoms with van der Waals surface area (Å²) < 4.78 is 5.81. The Hall–Kier alpha value is -1.53. The Morgan fingerprint density at radius 3 is 2.94 bits per heavy atom. The number of hydrogen-bond donors (Lipinski definition) is 0. The summed E-state index contributed by atoms with van der Waals surface area (Å²) in [7, 11) is 0. The van der Waals surface area contributed by atoms with Crippen molar-refractivity contribution in [3.8, 4) is 11.8 Å². The predicted octanol–water partition coefficient (Wildman–Crippen LogP) is 2.59. The van der Waals surface area contributed by atoms with Crippen LogP contribution < -0.4 is 4.74 Å². The molecular formula is C15H20N2O. The second kappa shape index (κ2) is 5.88. The molecule has 1 aliphatic heterocycles. The summed E-state index contributed by atoms with van der Waals surface area (Å²) in [5.41, 5.74) is 1.89. The molecule has 0 unspecified atom stereocenters. The van der Waals surface area contributed by atoms with Crippen LogP contribution in [0, 0.1) is 11.3 Å². The maximum absolute atomic E-state index is 8.94. The van der Waals surface area contributed by atoms with E-state index in [4.69, 9.17) is 10.00 Å². The lowest BCUT2D eigenvalue weighted by molar-refractivity contribution is 0.124. The number of likely N-dealkylation sites (N-methyl/N-ethyl adjacent to an activating group) is 1. The van der Waals surface area contributed by atoms with Crippen molar-refractivity contribution >= 4 is 0 Å². The molecule has 0 aliphatic carbocycles. The molecule has 2 rings (SSSR count). The van der Waals surface area contributed by atoms with Gasteiger partial charge in [-0.2, -0.15) is 5.26 Å². The monoisotopic (exact) mass is 244 g/mol. The van der Waals surface area contributed by atoms with E-state index >= 15 is 0 Å². The zero-order valence-electron chi connectivity index (χ0n) is 11.1. The first-order valence-corrected chi connectivity index (χ1v) is 6.68. The highest BCUT2D eigenvalue weighted by Crippen LogP contribution is 2.27. The number of benzene rings is 1. The fourth-order valence-electron chi connectivity index (χ4n) is 2.57. The molecule has 1 aromatic carbocycles. The fraction of sp³-hybridized carbons (Fsp3) is 0.533. The van der Waals surface area contributed by atoms with Crippen LogP contribution in [0.4, 0.5) is 0 Å². The van der Waals surface area contributed by atoms with Crippen molar-refractivity contribution < 1.29 is 4.74 Å². The quantitative estimate of drug-likeness (QED) is 0.816. The number of nitrogens with zero attached hydrogens (tertiary/aromatic N) is 2. The Balaban J connectivity index is 2.15. The topological polar surface area (TPSA) is 36.3 Å². The van der Waals surface area contributed by atoms with Crippen molar-refractivity contribution in [1.82, 2.24) is 4.90 Å².